The largest absolute Gasteiger partial charge is 0.507 e. The predicted molar refractivity (Wildman–Crippen MR) is 58.7 cm³/mol. The summed E-state index contributed by atoms with van der Waals surface area (Å²) in [5, 5.41) is 22.2. The summed E-state index contributed by atoms with van der Waals surface area (Å²) in [5.74, 6) is 0.360. The first-order valence-electron chi connectivity index (χ1n) is 5.30. The van der Waals surface area contributed by atoms with Crippen LogP contribution in [0.1, 0.15) is 24.0 Å². The van der Waals surface area contributed by atoms with Crippen LogP contribution < -0.4 is 5.32 Å². The van der Waals surface area contributed by atoms with Crippen LogP contribution in [0.25, 0.3) is 0 Å². The second-order valence-electron chi connectivity index (χ2n) is 4.37. The van der Waals surface area contributed by atoms with Gasteiger partial charge in [-0.1, -0.05) is 18.2 Å². The van der Waals surface area contributed by atoms with Gasteiger partial charge in [-0.25, -0.2) is 0 Å². The van der Waals surface area contributed by atoms with Crippen molar-refractivity contribution in [2.45, 2.75) is 31.8 Å². The molecule has 0 saturated heterocycles. The Kier molecular flexibility index (Phi) is 2.67. The average molecular weight is 207 g/mol. The molecule has 1 fully saturated rings. The lowest BCUT2D eigenvalue weighted by Gasteiger charge is -2.15. The number of hydrogen-bond donors (Lipinski definition) is 3. The molecule has 1 aromatic carbocycles. The van der Waals surface area contributed by atoms with E-state index in [1.165, 1.54) is 0 Å². The number of phenols is 1. The van der Waals surface area contributed by atoms with Crippen LogP contribution in [-0.4, -0.2) is 22.4 Å². The van der Waals surface area contributed by atoms with Crippen LogP contribution in [0.15, 0.2) is 18.2 Å². The van der Waals surface area contributed by atoms with Crippen molar-refractivity contribution >= 4 is 0 Å². The van der Waals surface area contributed by atoms with Crippen molar-refractivity contribution in [3.8, 4) is 5.75 Å². The molecule has 82 valence electrons. The highest BCUT2D eigenvalue weighted by molar-refractivity contribution is 5.39. The summed E-state index contributed by atoms with van der Waals surface area (Å²) < 4.78 is 0. The third-order valence-electron chi connectivity index (χ3n) is 3.13. The van der Waals surface area contributed by atoms with Gasteiger partial charge in [0.25, 0.3) is 0 Å². The number of aryl methyl sites for hydroxylation is 1. The standard InChI is InChI=1S/C12H17NO2/c1-9-3-2-4-10(11(9)15)7-13-12(8-14)5-6-12/h2-4,13-15H,5-8H2,1H3. The number of rotatable bonds is 4. The van der Waals surface area contributed by atoms with Gasteiger partial charge in [0, 0.05) is 17.6 Å². The molecule has 2 rings (SSSR count). The first kappa shape index (κ1) is 10.5. The van der Waals surface area contributed by atoms with Crippen LogP contribution in [0.3, 0.4) is 0 Å². The zero-order chi connectivity index (χ0) is 10.9. The normalized spacial score (nSPS) is 17.7. The zero-order valence-corrected chi connectivity index (χ0v) is 8.95. The maximum atomic E-state index is 9.79. The third-order valence-corrected chi connectivity index (χ3v) is 3.13. The minimum atomic E-state index is -0.0732. The molecule has 15 heavy (non-hydrogen) atoms. The fourth-order valence-corrected chi connectivity index (χ4v) is 1.69. The lowest BCUT2D eigenvalue weighted by Crippen LogP contribution is -2.34. The van der Waals surface area contributed by atoms with Crippen molar-refractivity contribution in [3.05, 3.63) is 29.3 Å². The van der Waals surface area contributed by atoms with Crippen molar-refractivity contribution in [3.63, 3.8) is 0 Å². The van der Waals surface area contributed by atoms with E-state index >= 15 is 0 Å². The van der Waals surface area contributed by atoms with Gasteiger partial charge in [-0.05, 0) is 25.3 Å². The Morgan fingerprint density at radius 2 is 2.13 bits per heavy atom. The van der Waals surface area contributed by atoms with Crippen molar-refractivity contribution in [2.24, 2.45) is 0 Å². The van der Waals surface area contributed by atoms with E-state index in [1.54, 1.807) is 0 Å². The van der Waals surface area contributed by atoms with E-state index < -0.39 is 0 Å². The molecule has 0 heterocycles. The van der Waals surface area contributed by atoms with Gasteiger partial charge in [-0.2, -0.15) is 0 Å². The monoisotopic (exact) mass is 207 g/mol. The van der Waals surface area contributed by atoms with Crippen molar-refractivity contribution in [2.75, 3.05) is 6.61 Å². The second-order valence-corrected chi connectivity index (χ2v) is 4.37. The minimum Gasteiger partial charge on any atom is -0.507 e. The van der Waals surface area contributed by atoms with E-state index in [4.69, 9.17) is 5.11 Å². The zero-order valence-electron chi connectivity index (χ0n) is 8.95. The van der Waals surface area contributed by atoms with Crippen LogP contribution in [0.5, 0.6) is 5.75 Å². The van der Waals surface area contributed by atoms with Gasteiger partial charge < -0.3 is 15.5 Å². The molecule has 1 aliphatic carbocycles. The molecular formula is C12H17NO2. The second kappa shape index (κ2) is 3.83. The summed E-state index contributed by atoms with van der Waals surface area (Å²) >= 11 is 0. The maximum absolute atomic E-state index is 9.79. The molecule has 0 amide bonds. The van der Waals surface area contributed by atoms with Gasteiger partial charge in [0.1, 0.15) is 5.75 Å². The summed E-state index contributed by atoms with van der Waals surface area (Å²) in [6.45, 7) is 2.69. The average Bonchev–Trinajstić information content (AvgIpc) is 3.01. The highest BCUT2D eigenvalue weighted by Gasteiger charge is 2.41. The molecule has 0 atom stereocenters. The van der Waals surface area contributed by atoms with Gasteiger partial charge in [0.15, 0.2) is 0 Å². The summed E-state index contributed by atoms with van der Waals surface area (Å²) in [4.78, 5) is 0. The highest BCUT2D eigenvalue weighted by Crippen LogP contribution is 2.35. The maximum Gasteiger partial charge on any atom is 0.122 e. The first-order valence-corrected chi connectivity index (χ1v) is 5.30. The van der Waals surface area contributed by atoms with Crippen molar-refractivity contribution in [1.29, 1.82) is 0 Å². The van der Waals surface area contributed by atoms with Crippen LogP contribution in [0, 0.1) is 6.92 Å². The Bertz CT molecular complexity index is 359. The summed E-state index contributed by atoms with van der Waals surface area (Å²) in [7, 11) is 0. The van der Waals surface area contributed by atoms with Crippen molar-refractivity contribution in [1.82, 2.24) is 5.32 Å². The van der Waals surface area contributed by atoms with Gasteiger partial charge in [0.2, 0.25) is 0 Å². The molecule has 0 bridgehead atoms. The van der Waals surface area contributed by atoms with Crippen molar-refractivity contribution < 1.29 is 10.2 Å². The van der Waals surface area contributed by atoms with Gasteiger partial charge in [-0.15, -0.1) is 0 Å². The molecule has 1 aromatic rings. The Morgan fingerprint density at radius 1 is 1.40 bits per heavy atom. The van der Waals surface area contributed by atoms with Crippen LogP contribution >= 0.6 is 0 Å². The molecule has 0 spiro atoms. The Hall–Kier alpha value is -1.06. The number of hydrogen-bond acceptors (Lipinski definition) is 3. The quantitative estimate of drug-likeness (QED) is 0.698. The van der Waals surface area contributed by atoms with E-state index in [0.29, 0.717) is 12.3 Å². The molecule has 3 nitrogen and oxygen atoms in total. The van der Waals surface area contributed by atoms with Crippen LogP contribution in [0.2, 0.25) is 0 Å². The molecule has 0 aliphatic heterocycles. The number of phenolic OH excluding ortho intramolecular Hbond substituents is 1. The lowest BCUT2D eigenvalue weighted by molar-refractivity contribution is 0.229. The molecule has 1 aliphatic rings. The van der Waals surface area contributed by atoms with Crippen LogP contribution in [0.4, 0.5) is 0 Å². The first-order chi connectivity index (χ1) is 7.17. The summed E-state index contributed by atoms with van der Waals surface area (Å²) in [6.07, 6.45) is 2.05. The van der Waals surface area contributed by atoms with Gasteiger partial charge in [0.05, 0.1) is 6.61 Å². The number of aromatic hydroxyl groups is 1. The number of aliphatic hydroxyl groups is 1. The number of para-hydroxylation sites is 1. The molecule has 3 N–H and O–H groups in total. The predicted octanol–water partition coefficient (Wildman–Crippen LogP) is 1.32. The Morgan fingerprint density at radius 3 is 2.73 bits per heavy atom. The number of benzene rings is 1. The topological polar surface area (TPSA) is 52.5 Å². The smallest absolute Gasteiger partial charge is 0.122 e. The third kappa shape index (κ3) is 2.13. The SMILES string of the molecule is Cc1cccc(CNC2(CO)CC2)c1O. The van der Waals surface area contributed by atoms with Crippen LogP contribution in [-0.2, 0) is 6.54 Å². The minimum absolute atomic E-state index is 0.0732. The number of aliphatic hydroxyl groups excluding tert-OH is 1. The molecule has 3 heteroatoms. The molecule has 0 radical (unpaired) electrons. The summed E-state index contributed by atoms with van der Waals surface area (Å²) in [5.41, 5.74) is 1.72. The molecular weight excluding hydrogens is 190 g/mol. The van der Waals surface area contributed by atoms with E-state index in [-0.39, 0.29) is 12.1 Å². The summed E-state index contributed by atoms with van der Waals surface area (Å²) in [6, 6.07) is 5.73. The lowest BCUT2D eigenvalue weighted by atomic mass is 10.1. The van der Waals surface area contributed by atoms with E-state index in [1.807, 2.05) is 25.1 Å². The molecule has 0 aromatic heterocycles. The Balaban J connectivity index is 2.02. The van der Waals surface area contributed by atoms with Gasteiger partial charge in [-0.3, -0.25) is 0 Å². The molecule has 0 unspecified atom stereocenters. The van der Waals surface area contributed by atoms with E-state index in [2.05, 4.69) is 5.32 Å². The number of nitrogens with one attached hydrogen (secondary N) is 1. The van der Waals surface area contributed by atoms with Gasteiger partial charge >= 0.3 is 0 Å². The van der Waals surface area contributed by atoms with E-state index in [9.17, 15) is 5.11 Å². The van der Waals surface area contributed by atoms with E-state index in [0.717, 1.165) is 24.0 Å². The fourth-order valence-electron chi connectivity index (χ4n) is 1.69. The Labute approximate surface area is 89.8 Å². The fraction of sp³-hybridized carbons (Fsp3) is 0.500. The highest BCUT2D eigenvalue weighted by atomic mass is 16.3. The molecule has 1 saturated carbocycles.